The average Bonchev–Trinajstić information content (AvgIpc) is 2.62. The molecule has 0 aliphatic carbocycles. The topological polar surface area (TPSA) is 110 Å². The minimum absolute atomic E-state index is 0.259. The molecule has 0 aromatic heterocycles. The van der Waals surface area contributed by atoms with Gasteiger partial charge in [-0.15, -0.1) is 0 Å². The highest BCUT2D eigenvalue weighted by Crippen LogP contribution is 2.05. The Balaban J connectivity index is 0.000000445. The van der Waals surface area contributed by atoms with E-state index in [2.05, 4.69) is 10.1 Å². The third-order valence-corrected chi connectivity index (χ3v) is 3.21. The molecule has 0 saturated heterocycles. The van der Waals surface area contributed by atoms with Crippen molar-refractivity contribution in [3.05, 3.63) is 71.8 Å². The molecule has 2 rings (SSSR count). The number of aliphatic carboxylic acids is 1. The summed E-state index contributed by atoms with van der Waals surface area (Å²) < 4.78 is 3.97. The molecule has 0 aliphatic heterocycles. The van der Waals surface area contributed by atoms with Crippen LogP contribution in [0.1, 0.15) is 29.8 Å². The predicted octanol–water partition coefficient (Wildman–Crippen LogP) is 2.21. The zero-order valence-electron chi connectivity index (χ0n) is 15.0. The van der Waals surface area contributed by atoms with Crippen molar-refractivity contribution in [3.63, 3.8) is 0 Å². The van der Waals surface area contributed by atoms with E-state index < -0.39 is 23.9 Å². The standard InChI is InChI=1S/C16H15NO3.C4H6O3/c18-15(13-9-5-2-6-10-13)17-14(16(19)20)11-12-7-3-1-4-8-12;1-3(5)7-4(2)6/h1-10,14H,11H2,(H,17,18)(H,19,20);1-2H3. The van der Waals surface area contributed by atoms with Gasteiger partial charge in [0.2, 0.25) is 0 Å². The van der Waals surface area contributed by atoms with Gasteiger partial charge in [-0.05, 0) is 17.7 Å². The van der Waals surface area contributed by atoms with Crippen LogP contribution in [-0.4, -0.2) is 35.0 Å². The third-order valence-electron chi connectivity index (χ3n) is 3.21. The van der Waals surface area contributed by atoms with Crippen molar-refractivity contribution in [2.45, 2.75) is 26.3 Å². The Labute approximate surface area is 157 Å². The van der Waals surface area contributed by atoms with E-state index in [1.807, 2.05) is 30.3 Å². The van der Waals surface area contributed by atoms with Gasteiger partial charge in [0.25, 0.3) is 5.91 Å². The lowest BCUT2D eigenvalue weighted by molar-refractivity contribution is -0.156. The van der Waals surface area contributed by atoms with Crippen LogP contribution in [0, 0.1) is 0 Å². The molecule has 7 heteroatoms. The monoisotopic (exact) mass is 371 g/mol. The second-order valence-corrected chi connectivity index (χ2v) is 5.51. The predicted molar refractivity (Wildman–Crippen MR) is 97.9 cm³/mol. The molecular weight excluding hydrogens is 350 g/mol. The summed E-state index contributed by atoms with van der Waals surface area (Å²) in [6, 6.07) is 16.9. The number of nitrogens with one attached hydrogen (secondary N) is 1. The summed E-state index contributed by atoms with van der Waals surface area (Å²) in [4.78, 5) is 42.9. The zero-order chi connectivity index (χ0) is 20.2. The largest absolute Gasteiger partial charge is 0.480 e. The first-order chi connectivity index (χ1) is 12.8. The number of benzene rings is 2. The maximum atomic E-state index is 12.0. The van der Waals surface area contributed by atoms with Crippen LogP contribution in [0.4, 0.5) is 0 Å². The first-order valence-electron chi connectivity index (χ1n) is 8.11. The molecule has 27 heavy (non-hydrogen) atoms. The van der Waals surface area contributed by atoms with Crippen molar-refractivity contribution >= 4 is 23.8 Å². The Morgan fingerprint density at radius 1 is 0.889 bits per heavy atom. The lowest BCUT2D eigenvalue weighted by Crippen LogP contribution is -2.42. The molecule has 0 spiro atoms. The summed E-state index contributed by atoms with van der Waals surface area (Å²) in [6.45, 7) is 2.36. The smallest absolute Gasteiger partial charge is 0.326 e. The minimum atomic E-state index is -1.04. The van der Waals surface area contributed by atoms with Gasteiger partial charge in [-0.3, -0.25) is 14.4 Å². The number of esters is 2. The van der Waals surface area contributed by atoms with Crippen molar-refractivity contribution in [2.75, 3.05) is 0 Å². The number of hydrogen-bond acceptors (Lipinski definition) is 5. The number of hydrogen-bond donors (Lipinski definition) is 2. The Morgan fingerprint density at radius 3 is 1.78 bits per heavy atom. The Kier molecular flexibility index (Phi) is 8.94. The van der Waals surface area contributed by atoms with Gasteiger partial charge < -0.3 is 15.2 Å². The van der Waals surface area contributed by atoms with E-state index in [9.17, 15) is 24.3 Å². The lowest BCUT2D eigenvalue weighted by atomic mass is 10.1. The van der Waals surface area contributed by atoms with Gasteiger partial charge in [0, 0.05) is 25.8 Å². The van der Waals surface area contributed by atoms with Crippen LogP contribution in [-0.2, 0) is 25.5 Å². The Bertz CT molecular complexity index is 762. The fourth-order valence-electron chi connectivity index (χ4n) is 2.08. The van der Waals surface area contributed by atoms with Crippen LogP contribution in [0.25, 0.3) is 0 Å². The van der Waals surface area contributed by atoms with Crippen molar-refractivity contribution < 1.29 is 29.0 Å². The highest BCUT2D eigenvalue weighted by atomic mass is 16.6. The molecule has 0 heterocycles. The summed E-state index contributed by atoms with van der Waals surface area (Å²) in [5.41, 5.74) is 1.32. The summed E-state index contributed by atoms with van der Waals surface area (Å²) >= 11 is 0. The summed E-state index contributed by atoms with van der Waals surface area (Å²) in [5, 5.41) is 11.8. The third kappa shape index (κ3) is 8.97. The fraction of sp³-hybridized carbons (Fsp3) is 0.200. The molecule has 0 aliphatic rings. The van der Waals surface area contributed by atoms with E-state index in [-0.39, 0.29) is 12.3 Å². The molecule has 0 bridgehead atoms. The van der Waals surface area contributed by atoms with Crippen LogP contribution in [0.5, 0.6) is 0 Å². The van der Waals surface area contributed by atoms with Crippen LogP contribution in [0.3, 0.4) is 0 Å². The van der Waals surface area contributed by atoms with Crippen LogP contribution in [0.2, 0.25) is 0 Å². The van der Waals surface area contributed by atoms with Crippen LogP contribution < -0.4 is 5.32 Å². The molecule has 0 fully saturated rings. The highest BCUT2D eigenvalue weighted by molar-refractivity contribution is 5.96. The number of carbonyl (C=O) groups excluding carboxylic acids is 3. The van der Waals surface area contributed by atoms with Gasteiger partial charge in [-0.2, -0.15) is 0 Å². The van der Waals surface area contributed by atoms with Gasteiger partial charge in [-0.25, -0.2) is 4.79 Å². The van der Waals surface area contributed by atoms with Gasteiger partial charge in [0.15, 0.2) is 0 Å². The van der Waals surface area contributed by atoms with E-state index in [0.29, 0.717) is 5.56 Å². The first kappa shape index (κ1) is 21.6. The molecule has 1 atom stereocenters. The summed E-state index contributed by atoms with van der Waals surface area (Å²) in [7, 11) is 0. The highest BCUT2D eigenvalue weighted by Gasteiger charge is 2.20. The van der Waals surface area contributed by atoms with E-state index in [1.165, 1.54) is 13.8 Å². The molecule has 0 radical (unpaired) electrons. The minimum Gasteiger partial charge on any atom is -0.480 e. The summed E-state index contributed by atoms with van der Waals surface area (Å²) in [6.07, 6.45) is 0.259. The van der Waals surface area contributed by atoms with Crippen molar-refractivity contribution in [3.8, 4) is 0 Å². The van der Waals surface area contributed by atoms with Crippen molar-refractivity contribution in [2.24, 2.45) is 0 Å². The lowest BCUT2D eigenvalue weighted by Gasteiger charge is -2.14. The van der Waals surface area contributed by atoms with E-state index in [1.54, 1.807) is 30.3 Å². The molecule has 2 aromatic carbocycles. The van der Waals surface area contributed by atoms with Crippen LogP contribution in [0.15, 0.2) is 60.7 Å². The SMILES string of the molecule is CC(=O)OC(C)=O.O=C(NC(Cc1ccccc1)C(=O)O)c1ccccc1. The second kappa shape index (κ2) is 11.2. The number of carboxylic acid groups (broad SMARTS) is 1. The number of rotatable bonds is 5. The van der Waals surface area contributed by atoms with E-state index in [0.717, 1.165) is 5.56 Å². The van der Waals surface area contributed by atoms with Gasteiger partial charge in [-0.1, -0.05) is 48.5 Å². The van der Waals surface area contributed by atoms with Crippen LogP contribution >= 0.6 is 0 Å². The molecule has 1 unspecified atom stereocenters. The number of carbonyl (C=O) groups is 4. The van der Waals surface area contributed by atoms with Gasteiger partial charge in [0.1, 0.15) is 6.04 Å². The van der Waals surface area contributed by atoms with Gasteiger partial charge in [0.05, 0.1) is 0 Å². The number of carboxylic acids is 1. The molecule has 0 saturated carbocycles. The molecule has 142 valence electrons. The van der Waals surface area contributed by atoms with E-state index in [4.69, 9.17) is 0 Å². The average molecular weight is 371 g/mol. The maximum absolute atomic E-state index is 12.0. The molecule has 7 nitrogen and oxygen atoms in total. The Morgan fingerprint density at radius 2 is 1.37 bits per heavy atom. The maximum Gasteiger partial charge on any atom is 0.326 e. The number of ether oxygens (including phenoxy) is 1. The molecular formula is C20H21NO6. The molecule has 1 amide bonds. The quantitative estimate of drug-likeness (QED) is 0.616. The fourth-order valence-corrected chi connectivity index (χ4v) is 2.08. The molecule has 2 aromatic rings. The second-order valence-electron chi connectivity index (χ2n) is 5.51. The molecule has 2 N–H and O–H groups in total. The van der Waals surface area contributed by atoms with Crippen molar-refractivity contribution in [1.82, 2.24) is 5.32 Å². The van der Waals surface area contributed by atoms with Crippen molar-refractivity contribution in [1.29, 1.82) is 0 Å². The normalized spacial score (nSPS) is 10.6. The van der Waals surface area contributed by atoms with Gasteiger partial charge >= 0.3 is 17.9 Å². The zero-order valence-corrected chi connectivity index (χ0v) is 15.0. The Hall–Kier alpha value is -3.48. The summed E-state index contributed by atoms with van der Waals surface area (Å²) in [5.74, 6) is -2.55. The first-order valence-corrected chi connectivity index (χ1v) is 8.11. The van der Waals surface area contributed by atoms with E-state index >= 15 is 0 Å². The number of amides is 1.